The molecule has 5 heteroatoms. The van der Waals surface area contributed by atoms with E-state index in [9.17, 15) is 9.90 Å². The molecule has 0 aliphatic heterocycles. The number of methoxy groups -OCH3 is 2. The summed E-state index contributed by atoms with van der Waals surface area (Å²) in [5.41, 5.74) is 0.742. The van der Waals surface area contributed by atoms with Gasteiger partial charge in [0.25, 0.3) is 0 Å². The number of carboxylic acid groups (broad SMARTS) is 1. The monoisotopic (exact) mass is 240 g/mol. The van der Waals surface area contributed by atoms with Gasteiger partial charge >= 0.3 is 5.97 Å². The molecule has 94 valence electrons. The SMILES string of the molecule is COc1cc(CC(C)C(=O)O)cc(OC)c1O. The molecule has 0 amide bonds. The number of aliphatic carboxylic acids is 1. The highest BCUT2D eigenvalue weighted by Gasteiger charge is 2.16. The molecule has 17 heavy (non-hydrogen) atoms. The van der Waals surface area contributed by atoms with E-state index in [0.29, 0.717) is 6.42 Å². The zero-order valence-electron chi connectivity index (χ0n) is 10.1. The van der Waals surface area contributed by atoms with E-state index in [4.69, 9.17) is 14.6 Å². The van der Waals surface area contributed by atoms with Crippen LogP contribution in [0.3, 0.4) is 0 Å². The lowest BCUT2D eigenvalue weighted by Gasteiger charge is -2.12. The first-order valence-electron chi connectivity index (χ1n) is 5.16. The van der Waals surface area contributed by atoms with Crippen molar-refractivity contribution in [1.29, 1.82) is 0 Å². The molecule has 0 aromatic heterocycles. The second kappa shape index (κ2) is 5.43. The van der Waals surface area contributed by atoms with Crippen molar-refractivity contribution in [3.63, 3.8) is 0 Å². The third-order valence-electron chi connectivity index (χ3n) is 2.50. The Labute approximate surface area is 99.6 Å². The van der Waals surface area contributed by atoms with Crippen LogP contribution >= 0.6 is 0 Å². The van der Waals surface area contributed by atoms with Crippen molar-refractivity contribution in [1.82, 2.24) is 0 Å². The molecule has 0 saturated heterocycles. The second-order valence-electron chi connectivity index (χ2n) is 3.79. The lowest BCUT2D eigenvalue weighted by atomic mass is 10.0. The van der Waals surface area contributed by atoms with Gasteiger partial charge in [-0.1, -0.05) is 6.92 Å². The number of hydrogen-bond acceptors (Lipinski definition) is 4. The summed E-state index contributed by atoms with van der Waals surface area (Å²) in [6, 6.07) is 3.22. The minimum Gasteiger partial charge on any atom is -0.502 e. The van der Waals surface area contributed by atoms with Crippen molar-refractivity contribution >= 4 is 5.97 Å². The van der Waals surface area contributed by atoms with E-state index in [0.717, 1.165) is 5.56 Å². The van der Waals surface area contributed by atoms with Crippen molar-refractivity contribution < 1.29 is 24.5 Å². The van der Waals surface area contributed by atoms with E-state index in [1.54, 1.807) is 19.1 Å². The van der Waals surface area contributed by atoms with Gasteiger partial charge in [-0.05, 0) is 24.1 Å². The number of benzene rings is 1. The quantitative estimate of drug-likeness (QED) is 0.818. The normalized spacial score (nSPS) is 11.9. The maximum atomic E-state index is 10.8. The van der Waals surface area contributed by atoms with Crippen LogP contribution in [0.1, 0.15) is 12.5 Å². The number of carbonyl (C=O) groups is 1. The highest BCUT2D eigenvalue weighted by Crippen LogP contribution is 2.37. The number of rotatable bonds is 5. The summed E-state index contributed by atoms with van der Waals surface area (Å²) < 4.78 is 9.99. The number of phenolic OH excluding ortho intramolecular Hbond substituents is 1. The third kappa shape index (κ3) is 3.03. The molecular weight excluding hydrogens is 224 g/mol. The van der Waals surface area contributed by atoms with Gasteiger partial charge in [0.2, 0.25) is 5.75 Å². The predicted molar refractivity (Wildman–Crippen MR) is 61.7 cm³/mol. The molecule has 1 aromatic rings. The van der Waals surface area contributed by atoms with Crippen molar-refractivity contribution in [3.05, 3.63) is 17.7 Å². The number of phenols is 1. The Kier molecular flexibility index (Phi) is 4.20. The number of hydrogen-bond donors (Lipinski definition) is 2. The van der Waals surface area contributed by atoms with Gasteiger partial charge in [-0.3, -0.25) is 4.79 Å². The molecule has 5 nitrogen and oxygen atoms in total. The van der Waals surface area contributed by atoms with Crippen LogP contribution < -0.4 is 9.47 Å². The van der Waals surface area contributed by atoms with Gasteiger partial charge in [-0.25, -0.2) is 0 Å². The van der Waals surface area contributed by atoms with Crippen LogP contribution in [0.2, 0.25) is 0 Å². The van der Waals surface area contributed by atoms with E-state index in [2.05, 4.69) is 0 Å². The molecular formula is C12H16O5. The Morgan fingerprint density at radius 2 is 1.76 bits per heavy atom. The van der Waals surface area contributed by atoms with E-state index in [-0.39, 0.29) is 17.2 Å². The zero-order valence-corrected chi connectivity index (χ0v) is 10.1. The minimum atomic E-state index is -0.865. The summed E-state index contributed by atoms with van der Waals surface area (Å²) in [5, 5.41) is 18.5. The maximum Gasteiger partial charge on any atom is 0.306 e. The first-order chi connectivity index (χ1) is 7.99. The van der Waals surface area contributed by atoms with Crippen molar-refractivity contribution in [2.45, 2.75) is 13.3 Å². The first-order valence-corrected chi connectivity index (χ1v) is 5.16. The largest absolute Gasteiger partial charge is 0.502 e. The molecule has 1 unspecified atom stereocenters. The van der Waals surface area contributed by atoms with Crippen LogP contribution in [0, 0.1) is 5.92 Å². The topological polar surface area (TPSA) is 76.0 Å². The lowest BCUT2D eigenvalue weighted by Crippen LogP contribution is -2.12. The molecule has 1 atom stereocenters. The molecule has 0 saturated carbocycles. The summed E-state index contributed by atoms with van der Waals surface area (Å²) in [7, 11) is 2.86. The van der Waals surface area contributed by atoms with Gasteiger partial charge in [0.05, 0.1) is 20.1 Å². The molecule has 0 aliphatic rings. The van der Waals surface area contributed by atoms with Crippen molar-refractivity contribution in [2.24, 2.45) is 5.92 Å². The maximum absolute atomic E-state index is 10.8. The fraction of sp³-hybridized carbons (Fsp3) is 0.417. The van der Waals surface area contributed by atoms with E-state index in [1.165, 1.54) is 14.2 Å². The van der Waals surface area contributed by atoms with Crippen LogP contribution in [-0.2, 0) is 11.2 Å². The number of aromatic hydroxyl groups is 1. The fourth-order valence-corrected chi connectivity index (χ4v) is 1.51. The Morgan fingerprint density at radius 3 is 2.12 bits per heavy atom. The Bertz CT molecular complexity index is 388. The summed E-state index contributed by atoms with van der Waals surface area (Å²) in [6.07, 6.45) is 0.350. The van der Waals surface area contributed by atoms with E-state index in [1.807, 2.05) is 0 Å². The van der Waals surface area contributed by atoms with Crippen LogP contribution in [-0.4, -0.2) is 30.4 Å². The summed E-state index contributed by atoms with van der Waals surface area (Å²) in [4.78, 5) is 10.8. The van der Waals surface area contributed by atoms with Crippen LogP contribution in [0.15, 0.2) is 12.1 Å². The molecule has 1 rings (SSSR count). The van der Waals surface area contributed by atoms with Crippen molar-refractivity contribution in [2.75, 3.05) is 14.2 Å². The highest BCUT2D eigenvalue weighted by molar-refractivity contribution is 5.70. The van der Waals surface area contributed by atoms with Crippen molar-refractivity contribution in [3.8, 4) is 17.2 Å². The van der Waals surface area contributed by atoms with Gasteiger partial charge in [-0.15, -0.1) is 0 Å². The third-order valence-corrected chi connectivity index (χ3v) is 2.50. The zero-order chi connectivity index (χ0) is 13.0. The summed E-state index contributed by atoms with van der Waals surface area (Å²) >= 11 is 0. The molecule has 0 fully saturated rings. The van der Waals surface area contributed by atoms with Gasteiger partial charge in [-0.2, -0.15) is 0 Å². The van der Waals surface area contributed by atoms with Gasteiger partial charge in [0.15, 0.2) is 11.5 Å². The fourth-order valence-electron chi connectivity index (χ4n) is 1.51. The molecule has 2 N–H and O–H groups in total. The highest BCUT2D eigenvalue weighted by atomic mass is 16.5. The number of ether oxygens (including phenoxy) is 2. The van der Waals surface area contributed by atoms with Gasteiger partial charge in [0.1, 0.15) is 0 Å². The Morgan fingerprint density at radius 1 is 1.29 bits per heavy atom. The standard InChI is InChI=1S/C12H16O5/c1-7(12(14)15)4-8-5-9(16-2)11(13)10(6-8)17-3/h5-7,13H,4H2,1-3H3,(H,14,15). The van der Waals surface area contributed by atoms with Crippen LogP contribution in [0.25, 0.3) is 0 Å². The predicted octanol–water partition coefficient (Wildman–Crippen LogP) is 1.67. The Hall–Kier alpha value is -1.91. The summed E-state index contributed by atoms with van der Waals surface area (Å²) in [6.45, 7) is 1.62. The molecule has 0 radical (unpaired) electrons. The van der Waals surface area contributed by atoms with Crippen LogP contribution in [0.4, 0.5) is 0 Å². The van der Waals surface area contributed by atoms with E-state index < -0.39 is 11.9 Å². The summed E-state index contributed by atoms with van der Waals surface area (Å²) in [5.74, 6) is -0.902. The number of carboxylic acids is 1. The Balaban J connectivity index is 3.05. The molecule has 1 aromatic carbocycles. The molecule has 0 heterocycles. The van der Waals surface area contributed by atoms with Gasteiger partial charge < -0.3 is 19.7 Å². The first kappa shape index (κ1) is 13.2. The van der Waals surface area contributed by atoms with Crippen LogP contribution in [0.5, 0.6) is 17.2 Å². The second-order valence-corrected chi connectivity index (χ2v) is 3.79. The van der Waals surface area contributed by atoms with E-state index >= 15 is 0 Å². The van der Waals surface area contributed by atoms with Gasteiger partial charge in [0, 0.05) is 0 Å². The molecule has 0 aliphatic carbocycles. The molecule has 0 bridgehead atoms. The molecule has 0 spiro atoms. The smallest absolute Gasteiger partial charge is 0.306 e. The average Bonchev–Trinajstić information content (AvgIpc) is 2.30. The average molecular weight is 240 g/mol. The lowest BCUT2D eigenvalue weighted by molar-refractivity contribution is -0.141. The minimum absolute atomic E-state index is 0.0817.